The van der Waals surface area contributed by atoms with E-state index in [9.17, 15) is 23.5 Å². The zero-order valence-corrected chi connectivity index (χ0v) is 17.9. The molecule has 0 radical (unpaired) electrons. The first-order valence-electron chi connectivity index (χ1n) is 9.95. The van der Waals surface area contributed by atoms with Crippen LogP contribution in [0.5, 0.6) is 0 Å². The number of halogens is 2. The molecular formula is C22H22F2N2O4S. The van der Waals surface area contributed by atoms with Crippen LogP contribution in [0.1, 0.15) is 46.6 Å². The maximum Gasteiger partial charge on any atom is 0.337 e. The zero-order chi connectivity index (χ0) is 22.3. The number of rotatable bonds is 5. The molecule has 0 saturated carbocycles. The number of nitrogens with zero attached hydrogens (tertiary/aromatic N) is 1. The number of hydrogen-bond donors (Lipinski definition) is 2. The number of fused-ring (bicyclic) bond motifs is 1. The molecule has 164 valence electrons. The van der Waals surface area contributed by atoms with Gasteiger partial charge in [-0.25, -0.2) is 13.6 Å². The van der Waals surface area contributed by atoms with Crippen molar-refractivity contribution in [2.75, 3.05) is 23.3 Å². The molecule has 3 aromatic rings. The number of aromatic carboxylic acids is 1. The van der Waals surface area contributed by atoms with Crippen LogP contribution in [-0.4, -0.2) is 30.1 Å². The van der Waals surface area contributed by atoms with Crippen molar-refractivity contribution < 1.29 is 23.1 Å². The summed E-state index contributed by atoms with van der Waals surface area (Å²) in [6.45, 7) is 3.96. The summed E-state index contributed by atoms with van der Waals surface area (Å²) in [6.07, 6.45) is -0.567. The number of benzene rings is 1. The number of nitrogens with one attached hydrogen (secondary N) is 1. The van der Waals surface area contributed by atoms with Gasteiger partial charge >= 0.3 is 5.97 Å². The lowest BCUT2D eigenvalue weighted by Crippen LogP contribution is -2.39. The van der Waals surface area contributed by atoms with E-state index >= 15 is 0 Å². The number of thiophene rings is 1. The van der Waals surface area contributed by atoms with Gasteiger partial charge in [-0.15, -0.1) is 11.3 Å². The zero-order valence-electron chi connectivity index (χ0n) is 17.1. The lowest BCUT2D eigenvalue weighted by atomic mass is 10.1. The molecule has 3 heterocycles. The molecule has 1 aromatic carbocycles. The fourth-order valence-corrected chi connectivity index (χ4v) is 5.01. The topological polar surface area (TPSA) is 82.8 Å². The third kappa shape index (κ3) is 4.14. The Morgan fingerprint density at radius 3 is 2.65 bits per heavy atom. The average molecular weight is 448 g/mol. The second-order valence-corrected chi connectivity index (χ2v) is 8.96. The molecular weight excluding hydrogens is 426 g/mol. The summed E-state index contributed by atoms with van der Waals surface area (Å²) in [7, 11) is 0. The normalized spacial score (nSPS) is 17.0. The van der Waals surface area contributed by atoms with Crippen molar-refractivity contribution in [1.29, 1.82) is 0 Å². The lowest BCUT2D eigenvalue weighted by molar-refractivity contribution is -0.0225. The second-order valence-electron chi connectivity index (χ2n) is 7.74. The fraction of sp³-hybridized carbons (Fsp3) is 0.364. The highest BCUT2D eigenvalue weighted by atomic mass is 32.1. The van der Waals surface area contributed by atoms with Crippen molar-refractivity contribution in [2.45, 2.75) is 38.7 Å². The SMILES string of the molecule is Cc1sc2c(=O)cc(N3CCC(F)(F)CC3)oc2c1C(C)Nc1ccccc1C(=O)O. The van der Waals surface area contributed by atoms with Crippen LogP contribution < -0.4 is 15.6 Å². The minimum absolute atomic E-state index is 0.111. The molecule has 2 aromatic heterocycles. The number of anilines is 2. The Hall–Kier alpha value is -2.94. The van der Waals surface area contributed by atoms with Gasteiger partial charge in [-0.05, 0) is 26.0 Å². The van der Waals surface area contributed by atoms with Crippen LogP contribution in [-0.2, 0) is 0 Å². The van der Waals surface area contributed by atoms with Gasteiger partial charge in [-0.3, -0.25) is 4.79 Å². The van der Waals surface area contributed by atoms with E-state index in [2.05, 4.69) is 5.32 Å². The van der Waals surface area contributed by atoms with Gasteiger partial charge in [0.15, 0.2) is 11.5 Å². The summed E-state index contributed by atoms with van der Waals surface area (Å²) in [5.41, 5.74) is 1.55. The lowest BCUT2D eigenvalue weighted by Gasteiger charge is -2.32. The molecule has 1 atom stereocenters. The van der Waals surface area contributed by atoms with E-state index in [0.717, 1.165) is 10.4 Å². The molecule has 0 amide bonds. The first-order chi connectivity index (χ1) is 14.7. The Kier molecular flexibility index (Phi) is 5.47. The van der Waals surface area contributed by atoms with Gasteiger partial charge in [0.05, 0.1) is 11.6 Å². The van der Waals surface area contributed by atoms with Crippen molar-refractivity contribution in [1.82, 2.24) is 0 Å². The van der Waals surface area contributed by atoms with Gasteiger partial charge in [0.2, 0.25) is 5.43 Å². The van der Waals surface area contributed by atoms with E-state index < -0.39 is 11.9 Å². The molecule has 4 rings (SSSR count). The molecule has 1 saturated heterocycles. The van der Waals surface area contributed by atoms with E-state index in [1.807, 2.05) is 13.8 Å². The number of para-hydroxylation sites is 1. The van der Waals surface area contributed by atoms with Gasteiger partial charge in [-0.2, -0.15) is 0 Å². The van der Waals surface area contributed by atoms with Crippen LogP contribution >= 0.6 is 11.3 Å². The molecule has 1 unspecified atom stereocenters. The number of alkyl halides is 2. The fourth-order valence-electron chi connectivity index (χ4n) is 3.92. The van der Waals surface area contributed by atoms with E-state index in [4.69, 9.17) is 4.42 Å². The van der Waals surface area contributed by atoms with Crippen molar-refractivity contribution >= 4 is 39.2 Å². The first-order valence-corrected chi connectivity index (χ1v) is 10.8. The molecule has 0 bridgehead atoms. The smallest absolute Gasteiger partial charge is 0.337 e. The van der Waals surface area contributed by atoms with Gasteiger partial charge in [-0.1, -0.05) is 12.1 Å². The molecule has 1 aliphatic heterocycles. The number of carbonyl (C=O) groups is 1. The van der Waals surface area contributed by atoms with E-state index in [1.165, 1.54) is 23.5 Å². The average Bonchev–Trinajstić information content (AvgIpc) is 3.04. The number of carboxylic acids is 1. The Morgan fingerprint density at radius 2 is 1.97 bits per heavy atom. The van der Waals surface area contributed by atoms with Crippen molar-refractivity contribution in [3.05, 3.63) is 56.6 Å². The van der Waals surface area contributed by atoms with Gasteiger partial charge in [0, 0.05) is 48.1 Å². The predicted molar refractivity (Wildman–Crippen MR) is 117 cm³/mol. The van der Waals surface area contributed by atoms with Crippen molar-refractivity contribution in [3.8, 4) is 0 Å². The number of hydrogen-bond acceptors (Lipinski definition) is 6. The Balaban J connectivity index is 1.71. The third-order valence-corrected chi connectivity index (χ3v) is 6.66. The van der Waals surface area contributed by atoms with Crippen LogP contribution in [0.25, 0.3) is 10.3 Å². The minimum Gasteiger partial charge on any atom is -0.478 e. The maximum atomic E-state index is 13.5. The highest BCUT2D eigenvalue weighted by Crippen LogP contribution is 2.38. The molecule has 9 heteroatoms. The summed E-state index contributed by atoms with van der Waals surface area (Å²) < 4.78 is 33.6. The standard InChI is InChI=1S/C22H22F2N2O4S/c1-12(25-15-6-4-3-5-14(15)21(28)29)18-13(2)31-20-16(27)11-17(30-19(18)20)26-9-7-22(23,24)8-10-26/h3-6,11-12,25H,7-10H2,1-2H3,(H,28,29). The maximum absolute atomic E-state index is 13.5. The summed E-state index contributed by atoms with van der Waals surface area (Å²) >= 11 is 1.31. The number of aryl methyl sites for hydroxylation is 1. The number of carboxylic acid groups (broad SMARTS) is 1. The van der Waals surface area contributed by atoms with Gasteiger partial charge in [0.25, 0.3) is 5.92 Å². The largest absolute Gasteiger partial charge is 0.478 e. The van der Waals surface area contributed by atoms with Crippen molar-refractivity contribution in [3.63, 3.8) is 0 Å². The highest BCUT2D eigenvalue weighted by Gasteiger charge is 2.35. The van der Waals surface area contributed by atoms with Crippen LogP contribution in [0.4, 0.5) is 20.4 Å². The van der Waals surface area contributed by atoms with E-state index in [0.29, 0.717) is 16.0 Å². The summed E-state index contributed by atoms with van der Waals surface area (Å²) in [5.74, 6) is -3.45. The summed E-state index contributed by atoms with van der Waals surface area (Å²) in [4.78, 5) is 26.8. The summed E-state index contributed by atoms with van der Waals surface area (Å²) in [5, 5.41) is 12.6. The molecule has 31 heavy (non-hydrogen) atoms. The predicted octanol–water partition coefficient (Wildman–Crippen LogP) is 5.27. The Morgan fingerprint density at radius 1 is 1.29 bits per heavy atom. The monoisotopic (exact) mass is 448 g/mol. The molecule has 6 nitrogen and oxygen atoms in total. The van der Waals surface area contributed by atoms with Crippen LogP contribution in [0.3, 0.4) is 0 Å². The van der Waals surface area contributed by atoms with Gasteiger partial charge in [0.1, 0.15) is 4.70 Å². The Labute approximate surface area is 181 Å². The highest BCUT2D eigenvalue weighted by molar-refractivity contribution is 7.19. The Bertz CT molecular complexity index is 1190. The molecule has 0 aliphatic carbocycles. The molecule has 0 spiro atoms. The molecule has 2 N–H and O–H groups in total. The first kappa shape index (κ1) is 21.3. The van der Waals surface area contributed by atoms with E-state index in [-0.39, 0.29) is 48.8 Å². The minimum atomic E-state index is -2.69. The van der Waals surface area contributed by atoms with Gasteiger partial charge < -0.3 is 19.7 Å². The van der Waals surface area contributed by atoms with Crippen LogP contribution in [0.2, 0.25) is 0 Å². The summed E-state index contributed by atoms with van der Waals surface area (Å²) in [6, 6.07) is 7.60. The molecule has 1 fully saturated rings. The van der Waals surface area contributed by atoms with Crippen LogP contribution in [0, 0.1) is 6.92 Å². The third-order valence-electron chi connectivity index (χ3n) is 5.54. The second kappa shape index (κ2) is 7.96. The quantitative estimate of drug-likeness (QED) is 0.553. The van der Waals surface area contributed by atoms with E-state index in [1.54, 1.807) is 23.1 Å². The number of piperidine rings is 1. The molecule has 1 aliphatic rings. The van der Waals surface area contributed by atoms with Crippen molar-refractivity contribution in [2.24, 2.45) is 0 Å². The van der Waals surface area contributed by atoms with Crippen LogP contribution in [0.15, 0.2) is 39.5 Å².